The Kier molecular flexibility index (Phi) is 5.64. The molecule has 0 saturated heterocycles. The van der Waals surface area contributed by atoms with Gasteiger partial charge < -0.3 is 14.8 Å². The minimum absolute atomic E-state index is 0.352. The molecule has 0 aliphatic carbocycles. The smallest absolute Gasteiger partial charge is 0.131 e. The van der Waals surface area contributed by atoms with E-state index in [1.807, 2.05) is 43.3 Å². The van der Waals surface area contributed by atoms with E-state index in [0.29, 0.717) is 12.6 Å². The lowest BCUT2D eigenvalue weighted by atomic mass is 10.1. The summed E-state index contributed by atoms with van der Waals surface area (Å²) in [7, 11) is 0. The van der Waals surface area contributed by atoms with E-state index in [4.69, 9.17) is 9.47 Å². The molecule has 0 bridgehead atoms. The Bertz CT molecular complexity index is 551. The average Bonchev–Trinajstić information content (AvgIpc) is 2.49. The van der Waals surface area contributed by atoms with Crippen LogP contribution >= 0.6 is 0 Å². The van der Waals surface area contributed by atoms with Crippen molar-refractivity contribution in [2.75, 3.05) is 13.2 Å². The summed E-state index contributed by atoms with van der Waals surface area (Å²) in [6.07, 6.45) is 0. The van der Waals surface area contributed by atoms with Crippen molar-refractivity contribution < 1.29 is 9.47 Å². The zero-order valence-corrected chi connectivity index (χ0v) is 12.9. The van der Waals surface area contributed by atoms with Gasteiger partial charge in [0.25, 0.3) is 0 Å². The summed E-state index contributed by atoms with van der Waals surface area (Å²) in [5.74, 6) is 2.44. The number of ether oxygens (including phenoxy) is 2. The molecule has 0 heterocycles. The fourth-order valence-corrected chi connectivity index (χ4v) is 2.18. The van der Waals surface area contributed by atoms with Crippen LogP contribution in [0.15, 0.2) is 48.5 Å². The van der Waals surface area contributed by atoms with Gasteiger partial charge in [-0.3, -0.25) is 0 Å². The van der Waals surface area contributed by atoms with Crippen LogP contribution in [0.2, 0.25) is 0 Å². The van der Waals surface area contributed by atoms with Crippen LogP contribution in [0.4, 0.5) is 0 Å². The first-order chi connectivity index (χ1) is 10.2. The SMILES string of the molecule is CCNC(C)c1ccc(Oc2cccc(OCC)c2)cc1. The monoisotopic (exact) mass is 285 g/mol. The Morgan fingerprint density at radius 1 is 0.952 bits per heavy atom. The van der Waals surface area contributed by atoms with Crippen LogP contribution in [-0.4, -0.2) is 13.2 Å². The van der Waals surface area contributed by atoms with Crippen LogP contribution in [0.5, 0.6) is 17.2 Å². The molecule has 0 fully saturated rings. The summed E-state index contributed by atoms with van der Waals surface area (Å²) in [5.41, 5.74) is 1.26. The fourth-order valence-electron chi connectivity index (χ4n) is 2.18. The highest BCUT2D eigenvalue weighted by molar-refractivity contribution is 5.37. The van der Waals surface area contributed by atoms with Crippen LogP contribution in [0, 0.1) is 0 Å². The van der Waals surface area contributed by atoms with Gasteiger partial charge in [0.15, 0.2) is 0 Å². The Morgan fingerprint density at radius 2 is 1.67 bits per heavy atom. The topological polar surface area (TPSA) is 30.5 Å². The second-order valence-corrected chi connectivity index (χ2v) is 4.86. The van der Waals surface area contributed by atoms with Gasteiger partial charge in [-0.1, -0.05) is 25.1 Å². The van der Waals surface area contributed by atoms with E-state index in [-0.39, 0.29) is 0 Å². The maximum absolute atomic E-state index is 5.86. The molecule has 0 amide bonds. The number of hydrogen-bond donors (Lipinski definition) is 1. The van der Waals surface area contributed by atoms with E-state index in [1.54, 1.807) is 0 Å². The first-order valence-corrected chi connectivity index (χ1v) is 7.47. The van der Waals surface area contributed by atoms with Crippen LogP contribution < -0.4 is 14.8 Å². The average molecular weight is 285 g/mol. The van der Waals surface area contributed by atoms with Crippen molar-refractivity contribution in [3.8, 4) is 17.2 Å². The Morgan fingerprint density at radius 3 is 2.33 bits per heavy atom. The lowest BCUT2D eigenvalue weighted by Crippen LogP contribution is -2.17. The van der Waals surface area contributed by atoms with Crippen molar-refractivity contribution in [3.05, 3.63) is 54.1 Å². The van der Waals surface area contributed by atoms with Crippen LogP contribution in [0.3, 0.4) is 0 Å². The summed E-state index contributed by atoms with van der Waals surface area (Å²) in [6, 6.07) is 16.2. The highest BCUT2D eigenvalue weighted by Gasteiger charge is 2.04. The Balaban J connectivity index is 2.04. The van der Waals surface area contributed by atoms with Crippen molar-refractivity contribution in [3.63, 3.8) is 0 Å². The molecule has 2 aromatic carbocycles. The van der Waals surface area contributed by atoms with Gasteiger partial charge in [-0.05, 0) is 50.2 Å². The molecule has 1 unspecified atom stereocenters. The molecule has 1 N–H and O–H groups in total. The highest BCUT2D eigenvalue weighted by Crippen LogP contribution is 2.26. The van der Waals surface area contributed by atoms with Gasteiger partial charge in [-0.15, -0.1) is 0 Å². The maximum Gasteiger partial charge on any atom is 0.131 e. The van der Waals surface area contributed by atoms with Crippen molar-refractivity contribution in [2.24, 2.45) is 0 Å². The minimum Gasteiger partial charge on any atom is -0.494 e. The van der Waals surface area contributed by atoms with Crippen molar-refractivity contribution in [1.82, 2.24) is 5.32 Å². The molecule has 1 atom stereocenters. The van der Waals surface area contributed by atoms with Crippen LogP contribution in [0.1, 0.15) is 32.4 Å². The van der Waals surface area contributed by atoms with E-state index < -0.39 is 0 Å². The van der Waals surface area contributed by atoms with Crippen LogP contribution in [-0.2, 0) is 0 Å². The second-order valence-electron chi connectivity index (χ2n) is 4.86. The van der Waals surface area contributed by atoms with Crippen molar-refractivity contribution in [2.45, 2.75) is 26.8 Å². The van der Waals surface area contributed by atoms with Crippen molar-refractivity contribution >= 4 is 0 Å². The van der Waals surface area contributed by atoms with E-state index in [1.165, 1.54) is 5.56 Å². The summed E-state index contributed by atoms with van der Waals surface area (Å²) >= 11 is 0. The van der Waals surface area contributed by atoms with E-state index >= 15 is 0 Å². The predicted octanol–water partition coefficient (Wildman–Crippen LogP) is 4.55. The summed E-state index contributed by atoms with van der Waals surface area (Å²) in [4.78, 5) is 0. The molecule has 3 heteroatoms. The highest BCUT2D eigenvalue weighted by atomic mass is 16.5. The summed E-state index contributed by atoms with van der Waals surface area (Å²) in [6.45, 7) is 7.85. The third-order valence-electron chi connectivity index (χ3n) is 3.24. The molecular formula is C18H23NO2. The molecule has 112 valence electrons. The van der Waals surface area contributed by atoms with E-state index in [2.05, 4.69) is 31.3 Å². The molecule has 3 nitrogen and oxygen atoms in total. The maximum atomic E-state index is 5.86. The largest absolute Gasteiger partial charge is 0.494 e. The number of benzene rings is 2. The molecule has 0 aliphatic heterocycles. The molecule has 0 aromatic heterocycles. The minimum atomic E-state index is 0.352. The lowest BCUT2D eigenvalue weighted by Gasteiger charge is -2.13. The number of rotatable bonds is 7. The number of hydrogen-bond acceptors (Lipinski definition) is 3. The molecule has 0 aliphatic rings. The third-order valence-corrected chi connectivity index (χ3v) is 3.24. The summed E-state index contributed by atoms with van der Waals surface area (Å²) in [5, 5.41) is 3.40. The quantitative estimate of drug-likeness (QED) is 0.809. The van der Waals surface area contributed by atoms with E-state index in [0.717, 1.165) is 23.8 Å². The van der Waals surface area contributed by atoms with Crippen LogP contribution in [0.25, 0.3) is 0 Å². The van der Waals surface area contributed by atoms with Gasteiger partial charge >= 0.3 is 0 Å². The zero-order valence-electron chi connectivity index (χ0n) is 12.9. The molecule has 21 heavy (non-hydrogen) atoms. The van der Waals surface area contributed by atoms with Gasteiger partial charge in [-0.2, -0.15) is 0 Å². The summed E-state index contributed by atoms with van der Waals surface area (Å²) < 4.78 is 11.3. The second kappa shape index (κ2) is 7.70. The van der Waals surface area contributed by atoms with Gasteiger partial charge in [0, 0.05) is 12.1 Å². The molecule has 2 aromatic rings. The normalized spacial score (nSPS) is 12.0. The Labute approximate surface area is 126 Å². The van der Waals surface area contributed by atoms with Gasteiger partial charge in [0.05, 0.1) is 6.61 Å². The molecule has 0 radical (unpaired) electrons. The third kappa shape index (κ3) is 4.50. The predicted molar refractivity (Wildman–Crippen MR) is 86.2 cm³/mol. The van der Waals surface area contributed by atoms with E-state index in [9.17, 15) is 0 Å². The lowest BCUT2D eigenvalue weighted by molar-refractivity contribution is 0.338. The van der Waals surface area contributed by atoms with Gasteiger partial charge in [0.1, 0.15) is 17.2 Å². The molecule has 2 rings (SSSR count). The van der Waals surface area contributed by atoms with Crippen molar-refractivity contribution in [1.29, 1.82) is 0 Å². The Hall–Kier alpha value is -2.00. The first kappa shape index (κ1) is 15.4. The molecule has 0 spiro atoms. The fraction of sp³-hybridized carbons (Fsp3) is 0.333. The number of nitrogens with one attached hydrogen (secondary N) is 1. The van der Waals surface area contributed by atoms with Gasteiger partial charge in [0.2, 0.25) is 0 Å². The van der Waals surface area contributed by atoms with Gasteiger partial charge in [-0.25, -0.2) is 0 Å². The first-order valence-electron chi connectivity index (χ1n) is 7.47. The zero-order chi connectivity index (χ0) is 15.1. The standard InChI is InChI=1S/C18H23NO2/c1-4-19-14(3)15-9-11-16(12-10-15)21-18-8-6-7-17(13-18)20-5-2/h6-14,19H,4-5H2,1-3H3. The molecular weight excluding hydrogens is 262 g/mol. The molecule has 0 saturated carbocycles.